The van der Waals surface area contributed by atoms with Gasteiger partial charge in [0.15, 0.2) is 0 Å². The van der Waals surface area contributed by atoms with Crippen LogP contribution in [0.4, 0.5) is 0 Å². The van der Waals surface area contributed by atoms with Crippen molar-refractivity contribution in [3.05, 3.63) is 107 Å². The number of hydrogen-bond donors (Lipinski definition) is 1. The lowest BCUT2D eigenvalue weighted by molar-refractivity contribution is 0.0951. The lowest BCUT2D eigenvalue weighted by Crippen LogP contribution is -2.27. The summed E-state index contributed by atoms with van der Waals surface area (Å²) in [4.78, 5) is 17.9. The lowest BCUT2D eigenvalue weighted by Gasteiger charge is -2.13. The molecule has 0 saturated heterocycles. The van der Waals surface area contributed by atoms with Crippen molar-refractivity contribution >= 4 is 16.7 Å². The fraction of sp³-hybridized carbons (Fsp3) is 0.214. The zero-order valence-corrected chi connectivity index (χ0v) is 20.4. The Labute approximate surface area is 202 Å². The number of aromatic nitrogens is 1. The summed E-state index contributed by atoms with van der Waals surface area (Å²) in [6.45, 7) is 6.48. The van der Waals surface area contributed by atoms with E-state index in [1.165, 1.54) is 5.56 Å². The van der Waals surface area contributed by atoms with E-state index in [0.29, 0.717) is 35.2 Å². The van der Waals surface area contributed by atoms with Crippen LogP contribution in [0.1, 0.15) is 45.8 Å². The molecule has 1 aromatic heterocycles. The van der Waals surface area contributed by atoms with Crippen molar-refractivity contribution in [1.29, 1.82) is 0 Å². The predicted octanol–water partition coefficient (Wildman–Crippen LogP) is 5.80. The van der Waals surface area contributed by atoms with Crippen LogP contribution in [0.3, 0.4) is 0 Å². The molecule has 0 fully saturated rings. The van der Waals surface area contributed by atoms with E-state index in [9.17, 15) is 9.00 Å². The molecule has 5 nitrogen and oxygen atoms in total. The van der Waals surface area contributed by atoms with E-state index in [-0.39, 0.29) is 11.8 Å². The minimum absolute atomic E-state index is 0.118. The molecule has 0 saturated carbocycles. The highest BCUT2D eigenvalue weighted by Gasteiger charge is 2.16. The van der Waals surface area contributed by atoms with Gasteiger partial charge in [-0.05, 0) is 61.7 Å². The van der Waals surface area contributed by atoms with Gasteiger partial charge in [-0.2, -0.15) is 0 Å². The van der Waals surface area contributed by atoms with Crippen molar-refractivity contribution in [2.45, 2.75) is 37.3 Å². The summed E-state index contributed by atoms with van der Waals surface area (Å²) in [6, 6.07) is 25.0. The standard InChI is InChI=1S/C28H28N2O3S/c1-19-9-15-25(16-10-19)34(32)18-26-21(3)33-28(30-26)24-13-11-23(12-14-24)27(31)29-17-20(2)22-7-5-4-6-8-22/h4-16,20H,17-18H2,1-3H3,(H,29,31)/t20-,34-/m1/s1. The first kappa shape index (κ1) is 23.6. The minimum atomic E-state index is -1.20. The first-order chi connectivity index (χ1) is 16.4. The molecule has 0 radical (unpaired) electrons. The number of hydrogen-bond acceptors (Lipinski definition) is 4. The summed E-state index contributed by atoms with van der Waals surface area (Å²) in [5.41, 5.74) is 4.34. The van der Waals surface area contributed by atoms with Crippen molar-refractivity contribution in [2.75, 3.05) is 6.54 Å². The van der Waals surface area contributed by atoms with Gasteiger partial charge in [0, 0.05) is 22.6 Å². The van der Waals surface area contributed by atoms with Gasteiger partial charge < -0.3 is 9.73 Å². The van der Waals surface area contributed by atoms with Crippen molar-refractivity contribution < 1.29 is 13.4 Å². The summed E-state index contributed by atoms with van der Waals surface area (Å²) >= 11 is 0. The van der Waals surface area contributed by atoms with Crippen LogP contribution in [-0.2, 0) is 16.6 Å². The fourth-order valence-corrected chi connectivity index (χ4v) is 4.72. The zero-order valence-electron chi connectivity index (χ0n) is 19.6. The third-order valence-corrected chi connectivity index (χ3v) is 7.11. The third-order valence-electron chi connectivity index (χ3n) is 5.78. The van der Waals surface area contributed by atoms with Crippen LogP contribution in [0, 0.1) is 13.8 Å². The molecule has 0 aliphatic carbocycles. The smallest absolute Gasteiger partial charge is 0.251 e. The SMILES string of the molecule is Cc1ccc([S@](=O)Cc2nc(-c3ccc(C(=O)NC[C@@H](C)c4ccccc4)cc3)oc2C)cc1. The molecular formula is C28H28N2O3S. The van der Waals surface area contributed by atoms with Gasteiger partial charge in [0.1, 0.15) is 5.76 Å². The Morgan fingerprint density at radius 2 is 1.65 bits per heavy atom. The zero-order chi connectivity index (χ0) is 24.1. The van der Waals surface area contributed by atoms with Crippen LogP contribution < -0.4 is 5.32 Å². The Bertz CT molecular complexity index is 1280. The first-order valence-corrected chi connectivity index (χ1v) is 12.6. The molecule has 1 N–H and O–H groups in total. The van der Waals surface area contributed by atoms with Gasteiger partial charge in [-0.15, -0.1) is 0 Å². The molecule has 34 heavy (non-hydrogen) atoms. The molecule has 2 atom stereocenters. The maximum absolute atomic E-state index is 12.7. The van der Waals surface area contributed by atoms with Crippen LogP contribution in [0.2, 0.25) is 0 Å². The average molecular weight is 473 g/mol. The number of rotatable bonds is 8. The molecule has 174 valence electrons. The quantitative estimate of drug-likeness (QED) is 0.352. The van der Waals surface area contributed by atoms with Gasteiger partial charge in [0.2, 0.25) is 5.89 Å². The predicted molar refractivity (Wildman–Crippen MR) is 135 cm³/mol. The lowest BCUT2D eigenvalue weighted by atomic mass is 10.0. The Hall–Kier alpha value is -3.51. The molecule has 0 spiro atoms. The first-order valence-electron chi connectivity index (χ1n) is 11.3. The Kier molecular flexibility index (Phi) is 7.38. The third kappa shape index (κ3) is 5.69. The number of benzene rings is 3. The monoisotopic (exact) mass is 472 g/mol. The molecular weight excluding hydrogens is 444 g/mol. The van der Waals surface area contributed by atoms with Crippen LogP contribution in [0.5, 0.6) is 0 Å². The normalized spacial score (nSPS) is 12.8. The number of nitrogens with zero attached hydrogens (tertiary/aromatic N) is 1. The number of aryl methyl sites for hydroxylation is 2. The largest absolute Gasteiger partial charge is 0.441 e. The second-order valence-corrected chi connectivity index (χ2v) is 9.88. The number of nitrogens with one attached hydrogen (secondary N) is 1. The highest BCUT2D eigenvalue weighted by Crippen LogP contribution is 2.24. The molecule has 6 heteroatoms. The van der Waals surface area contributed by atoms with Crippen LogP contribution in [-0.4, -0.2) is 21.6 Å². The Morgan fingerprint density at radius 1 is 0.971 bits per heavy atom. The second-order valence-electron chi connectivity index (χ2n) is 8.42. The van der Waals surface area contributed by atoms with Crippen LogP contribution in [0.25, 0.3) is 11.5 Å². The van der Waals surface area contributed by atoms with Crippen molar-refractivity contribution in [2.24, 2.45) is 0 Å². The topological polar surface area (TPSA) is 72.2 Å². The summed E-state index contributed by atoms with van der Waals surface area (Å²) in [7, 11) is -1.20. The molecule has 0 aliphatic rings. The van der Waals surface area contributed by atoms with E-state index in [4.69, 9.17) is 4.42 Å². The van der Waals surface area contributed by atoms with Gasteiger partial charge in [-0.3, -0.25) is 9.00 Å². The van der Waals surface area contributed by atoms with Gasteiger partial charge in [-0.25, -0.2) is 4.98 Å². The molecule has 0 bridgehead atoms. The molecule has 4 aromatic rings. The van der Waals surface area contributed by atoms with E-state index in [0.717, 1.165) is 16.0 Å². The number of carbonyl (C=O) groups excluding carboxylic acids is 1. The number of oxazole rings is 1. The van der Waals surface area contributed by atoms with Gasteiger partial charge >= 0.3 is 0 Å². The Balaban J connectivity index is 1.39. The summed E-state index contributed by atoms with van der Waals surface area (Å²) in [5.74, 6) is 1.50. The van der Waals surface area contributed by atoms with E-state index < -0.39 is 10.8 Å². The van der Waals surface area contributed by atoms with Gasteiger partial charge in [-0.1, -0.05) is 55.0 Å². The molecule has 1 heterocycles. The Morgan fingerprint density at radius 3 is 2.32 bits per heavy atom. The minimum Gasteiger partial charge on any atom is -0.441 e. The second kappa shape index (κ2) is 10.6. The van der Waals surface area contributed by atoms with E-state index >= 15 is 0 Å². The molecule has 0 unspecified atom stereocenters. The van der Waals surface area contributed by atoms with E-state index in [1.807, 2.05) is 68.4 Å². The molecule has 3 aromatic carbocycles. The van der Waals surface area contributed by atoms with E-state index in [2.05, 4.69) is 29.4 Å². The maximum atomic E-state index is 12.7. The maximum Gasteiger partial charge on any atom is 0.251 e. The summed E-state index contributed by atoms with van der Waals surface area (Å²) in [6.07, 6.45) is 0. The average Bonchev–Trinajstić information content (AvgIpc) is 3.23. The molecule has 4 rings (SSSR count). The number of amides is 1. The van der Waals surface area contributed by atoms with E-state index in [1.54, 1.807) is 12.1 Å². The highest BCUT2D eigenvalue weighted by molar-refractivity contribution is 7.84. The fourth-order valence-electron chi connectivity index (χ4n) is 3.59. The summed E-state index contributed by atoms with van der Waals surface area (Å²) in [5, 5.41) is 3.00. The van der Waals surface area contributed by atoms with Crippen molar-refractivity contribution in [3.8, 4) is 11.5 Å². The van der Waals surface area contributed by atoms with Crippen LogP contribution in [0.15, 0.2) is 88.2 Å². The van der Waals surface area contributed by atoms with Gasteiger partial charge in [0.25, 0.3) is 5.91 Å². The summed E-state index contributed by atoms with van der Waals surface area (Å²) < 4.78 is 18.6. The molecule has 0 aliphatic heterocycles. The van der Waals surface area contributed by atoms with Crippen molar-refractivity contribution in [1.82, 2.24) is 10.3 Å². The molecule has 1 amide bonds. The highest BCUT2D eigenvalue weighted by atomic mass is 32.2. The van der Waals surface area contributed by atoms with Crippen molar-refractivity contribution in [3.63, 3.8) is 0 Å². The van der Waals surface area contributed by atoms with Gasteiger partial charge in [0.05, 0.1) is 22.2 Å². The number of carbonyl (C=O) groups is 1. The van der Waals surface area contributed by atoms with Crippen LogP contribution >= 0.6 is 0 Å².